The molecule has 17 heavy (non-hydrogen) atoms. The second-order valence-electron chi connectivity index (χ2n) is 4.56. The van der Waals surface area contributed by atoms with Crippen molar-refractivity contribution in [1.29, 1.82) is 0 Å². The van der Waals surface area contributed by atoms with Gasteiger partial charge in [0.05, 0.1) is 5.69 Å². The van der Waals surface area contributed by atoms with Crippen LogP contribution in [0.25, 0.3) is 0 Å². The van der Waals surface area contributed by atoms with Crippen LogP contribution in [0.2, 0.25) is 0 Å². The lowest BCUT2D eigenvalue weighted by molar-refractivity contribution is -0.160. The van der Waals surface area contributed by atoms with E-state index < -0.39 is 11.5 Å². The van der Waals surface area contributed by atoms with E-state index in [2.05, 4.69) is 9.97 Å². The van der Waals surface area contributed by atoms with Crippen LogP contribution in [0.5, 0.6) is 0 Å². The van der Waals surface area contributed by atoms with Crippen LogP contribution in [0.3, 0.4) is 0 Å². The number of carbonyl (C=O) groups is 1. The highest BCUT2D eigenvalue weighted by molar-refractivity contribution is 5.80. The molecule has 0 radical (unpaired) electrons. The van der Waals surface area contributed by atoms with Gasteiger partial charge in [-0.15, -0.1) is 0 Å². The van der Waals surface area contributed by atoms with E-state index >= 15 is 0 Å². The molecule has 0 amide bonds. The fourth-order valence-corrected chi connectivity index (χ4v) is 2.32. The Balaban J connectivity index is 1.87. The molecule has 0 saturated carbocycles. The molecule has 1 aliphatic rings. The van der Waals surface area contributed by atoms with Gasteiger partial charge in [0, 0.05) is 25.1 Å². The van der Waals surface area contributed by atoms with Crippen LogP contribution < -0.4 is 0 Å². The molecule has 0 unspecified atom stereocenters. The number of aryl methyl sites for hydroxylation is 1. The van der Waals surface area contributed by atoms with Crippen molar-refractivity contribution in [3.8, 4) is 0 Å². The number of aromatic nitrogens is 2. The Morgan fingerprint density at radius 3 is 2.88 bits per heavy atom. The minimum Gasteiger partial charge on any atom is -0.480 e. The van der Waals surface area contributed by atoms with Gasteiger partial charge in [-0.1, -0.05) is 0 Å². The van der Waals surface area contributed by atoms with Gasteiger partial charge in [0.15, 0.2) is 0 Å². The predicted octanol–water partition coefficient (Wildman–Crippen LogP) is 0.958. The Bertz CT molecular complexity index is 396. The summed E-state index contributed by atoms with van der Waals surface area (Å²) in [5, 5.41) is 9.28. The van der Waals surface area contributed by atoms with E-state index in [0.717, 1.165) is 31.5 Å². The molecule has 2 rings (SSSR count). The molecule has 0 aromatic carbocycles. The largest absolute Gasteiger partial charge is 0.480 e. The molecule has 0 spiro atoms. The number of nitrogens with zero attached hydrogens (tertiary/aromatic N) is 3. The Hall–Kier alpha value is -1.49. The highest BCUT2D eigenvalue weighted by Crippen LogP contribution is 2.34. The predicted molar refractivity (Wildman–Crippen MR) is 62.6 cm³/mol. The van der Waals surface area contributed by atoms with Crippen LogP contribution in [-0.2, 0) is 11.2 Å². The van der Waals surface area contributed by atoms with E-state index in [1.165, 1.54) is 0 Å². The number of carboxylic acids is 1. The maximum Gasteiger partial charge on any atom is 0.324 e. The molecule has 92 valence electrons. The van der Waals surface area contributed by atoms with Gasteiger partial charge in [-0.2, -0.15) is 0 Å². The van der Waals surface area contributed by atoms with Crippen molar-refractivity contribution in [2.45, 2.75) is 31.2 Å². The van der Waals surface area contributed by atoms with Crippen molar-refractivity contribution in [2.75, 3.05) is 13.6 Å². The summed E-state index contributed by atoms with van der Waals surface area (Å²) < 4.78 is 0. The van der Waals surface area contributed by atoms with E-state index in [1.54, 1.807) is 18.6 Å². The van der Waals surface area contributed by atoms with Crippen molar-refractivity contribution in [3.05, 3.63) is 24.3 Å². The summed E-state index contributed by atoms with van der Waals surface area (Å²) in [4.78, 5) is 21.4. The number of hydrogen-bond donors (Lipinski definition) is 1. The third-order valence-electron chi connectivity index (χ3n) is 3.63. The summed E-state index contributed by atoms with van der Waals surface area (Å²) in [7, 11) is 1.87. The molecule has 0 aliphatic carbocycles. The molecule has 0 bridgehead atoms. The van der Waals surface area contributed by atoms with Gasteiger partial charge in [0.25, 0.3) is 0 Å². The second kappa shape index (κ2) is 4.79. The summed E-state index contributed by atoms with van der Waals surface area (Å²) in [6.07, 6.45) is 8.08. The number of carboxylic acid groups (broad SMARTS) is 1. The molecule has 1 N–H and O–H groups in total. The Kier molecular flexibility index (Phi) is 3.38. The highest BCUT2D eigenvalue weighted by atomic mass is 16.4. The van der Waals surface area contributed by atoms with Crippen LogP contribution in [-0.4, -0.2) is 45.1 Å². The first-order valence-corrected chi connectivity index (χ1v) is 5.85. The molecular formula is C12H17N3O2. The van der Waals surface area contributed by atoms with Gasteiger partial charge in [-0.3, -0.25) is 19.7 Å². The minimum absolute atomic E-state index is 0.637. The Morgan fingerprint density at radius 1 is 1.59 bits per heavy atom. The SMILES string of the molecule is CN1CC[C@@]1(CCCc1cnccn1)C(=O)O. The molecule has 1 fully saturated rings. The maximum absolute atomic E-state index is 11.3. The topological polar surface area (TPSA) is 66.3 Å². The van der Waals surface area contributed by atoms with E-state index in [-0.39, 0.29) is 0 Å². The van der Waals surface area contributed by atoms with Gasteiger partial charge in [0.1, 0.15) is 5.54 Å². The number of likely N-dealkylation sites (tertiary alicyclic amines) is 1. The number of hydrogen-bond acceptors (Lipinski definition) is 4. The third-order valence-corrected chi connectivity index (χ3v) is 3.63. The normalized spacial score (nSPS) is 24.3. The van der Waals surface area contributed by atoms with Crippen LogP contribution in [0.4, 0.5) is 0 Å². The molecule has 1 aliphatic heterocycles. The van der Waals surface area contributed by atoms with Crippen molar-refractivity contribution < 1.29 is 9.90 Å². The first-order chi connectivity index (χ1) is 8.15. The Morgan fingerprint density at radius 2 is 2.41 bits per heavy atom. The number of rotatable bonds is 5. The fraction of sp³-hybridized carbons (Fsp3) is 0.583. The van der Waals surface area contributed by atoms with E-state index in [4.69, 9.17) is 0 Å². The molecule has 1 atom stereocenters. The average Bonchev–Trinajstić information content (AvgIpc) is 2.33. The zero-order valence-electron chi connectivity index (χ0n) is 9.96. The molecule has 2 heterocycles. The monoisotopic (exact) mass is 235 g/mol. The lowest BCUT2D eigenvalue weighted by atomic mass is 9.80. The summed E-state index contributed by atoms with van der Waals surface area (Å²) in [5.41, 5.74) is 0.289. The lowest BCUT2D eigenvalue weighted by Gasteiger charge is -2.47. The Labute approximate surface area is 100 Å². The first-order valence-electron chi connectivity index (χ1n) is 5.85. The summed E-state index contributed by atoms with van der Waals surface area (Å²) >= 11 is 0. The summed E-state index contributed by atoms with van der Waals surface area (Å²) in [5.74, 6) is -0.703. The molecule has 1 aromatic rings. The van der Waals surface area contributed by atoms with Gasteiger partial charge in [0.2, 0.25) is 0 Å². The summed E-state index contributed by atoms with van der Waals surface area (Å²) in [6.45, 7) is 0.872. The lowest BCUT2D eigenvalue weighted by Crippen LogP contribution is -2.62. The van der Waals surface area contributed by atoms with Crippen LogP contribution >= 0.6 is 0 Å². The van der Waals surface area contributed by atoms with E-state index in [9.17, 15) is 9.90 Å². The van der Waals surface area contributed by atoms with Crippen molar-refractivity contribution in [1.82, 2.24) is 14.9 Å². The first kappa shape index (κ1) is 12.0. The summed E-state index contributed by atoms with van der Waals surface area (Å²) in [6, 6.07) is 0. The zero-order valence-corrected chi connectivity index (χ0v) is 9.96. The maximum atomic E-state index is 11.3. The van der Waals surface area contributed by atoms with E-state index in [1.807, 2.05) is 11.9 Å². The molecule has 1 aromatic heterocycles. The van der Waals surface area contributed by atoms with Gasteiger partial charge < -0.3 is 5.11 Å². The second-order valence-corrected chi connectivity index (χ2v) is 4.56. The average molecular weight is 235 g/mol. The quantitative estimate of drug-likeness (QED) is 0.823. The zero-order chi connectivity index (χ0) is 12.3. The molecule has 5 heteroatoms. The van der Waals surface area contributed by atoms with Crippen molar-refractivity contribution in [3.63, 3.8) is 0 Å². The van der Waals surface area contributed by atoms with Crippen molar-refractivity contribution >= 4 is 5.97 Å². The highest BCUT2D eigenvalue weighted by Gasteiger charge is 2.48. The fourth-order valence-electron chi connectivity index (χ4n) is 2.32. The van der Waals surface area contributed by atoms with E-state index in [0.29, 0.717) is 6.42 Å². The standard InChI is InChI=1S/C12H17N3O2/c1-15-8-5-12(15,11(16)17)4-2-3-10-9-13-6-7-14-10/h6-7,9H,2-5,8H2,1H3,(H,16,17)/t12-/m0/s1. The van der Waals surface area contributed by atoms with Gasteiger partial charge in [-0.05, 0) is 32.7 Å². The number of likely N-dealkylation sites (N-methyl/N-ethyl adjacent to an activating group) is 1. The molecule has 1 saturated heterocycles. The molecular weight excluding hydrogens is 218 g/mol. The van der Waals surface area contributed by atoms with Gasteiger partial charge >= 0.3 is 5.97 Å². The van der Waals surface area contributed by atoms with Crippen molar-refractivity contribution in [2.24, 2.45) is 0 Å². The van der Waals surface area contributed by atoms with Crippen LogP contribution in [0.15, 0.2) is 18.6 Å². The third kappa shape index (κ3) is 2.29. The minimum atomic E-state index is -0.703. The van der Waals surface area contributed by atoms with Gasteiger partial charge in [-0.25, -0.2) is 0 Å². The van der Waals surface area contributed by atoms with Crippen LogP contribution in [0, 0.1) is 0 Å². The molecule has 5 nitrogen and oxygen atoms in total. The smallest absolute Gasteiger partial charge is 0.324 e. The van der Waals surface area contributed by atoms with Crippen LogP contribution in [0.1, 0.15) is 25.0 Å². The number of aliphatic carboxylic acids is 1.